The normalized spacial score (nSPS) is 9.80. The topological polar surface area (TPSA) is 37.3 Å². The molecule has 1 aromatic heterocycles. The van der Waals surface area contributed by atoms with E-state index in [1.54, 1.807) is 0 Å². The number of aromatic carboxylic acids is 1. The third-order valence-corrected chi connectivity index (χ3v) is 3.63. The van der Waals surface area contributed by atoms with Crippen molar-refractivity contribution in [3.8, 4) is 0 Å². The molecular formula is C7H8O2Se. The summed E-state index contributed by atoms with van der Waals surface area (Å²) in [5, 5.41) is 8.63. The van der Waals surface area contributed by atoms with Crippen LogP contribution in [-0.4, -0.2) is 25.6 Å². The second-order valence-electron chi connectivity index (χ2n) is 2.17. The van der Waals surface area contributed by atoms with Crippen molar-refractivity contribution in [2.75, 3.05) is 0 Å². The summed E-state index contributed by atoms with van der Waals surface area (Å²) in [5.74, 6) is -0.759. The minimum atomic E-state index is -0.759. The van der Waals surface area contributed by atoms with E-state index in [-0.39, 0.29) is 14.5 Å². The van der Waals surface area contributed by atoms with Crippen LogP contribution in [0.5, 0.6) is 0 Å². The third kappa shape index (κ3) is 1.31. The summed E-state index contributed by atoms with van der Waals surface area (Å²) in [4.78, 5) is 10.5. The zero-order valence-electron chi connectivity index (χ0n) is 5.84. The van der Waals surface area contributed by atoms with Crippen molar-refractivity contribution in [2.45, 2.75) is 13.8 Å². The molecule has 2 nitrogen and oxygen atoms in total. The number of aryl methyl sites for hydroxylation is 2. The number of carboxylic acid groups (broad SMARTS) is 1. The standard InChI is InChI=1S/C7H8O2Se/c1-4-3-5(2)10-6(4)7(8)9/h3H,1-2H3,(H,8,9). The van der Waals surface area contributed by atoms with Crippen molar-refractivity contribution in [2.24, 2.45) is 0 Å². The fourth-order valence-corrected chi connectivity index (χ4v) is 2.67. The minimum absolute atomic E-state index is 0.0793. The van der Waals surface area contributed by atoms with Crippen LogP contribution in [0.1, 0.15) is 19.2 Å². The summed E-state index contributed by atoms with van der Waals surface area (Å²) in [6, 6.07) is 1.95. The van der Waals surface area contributed by atoms with Crippen LogP contribution in [-0.2, 0) is 0 Å². The van der Waals surface area contributed by atoms with Crippen molar-refractivity contribution in [1.82, 2.24) is 0 Å². The summed E-state index contributed by atoms with van der Waals surface area (Å²) in [6.07, 6.45) is 0. The molecule has 10 heavy (non-hydrogen) atoms. The van der Waals surface area contributed by atoms with E-state index in [4.69, 9.17) is 5.11 Å². The first-order valence-corrected chi connectivity index (χ1v) is 4.63. The Morgan fingerprint density at radius 1 is 1.60 bits per heavy atom. The van der Waals surface area contributed by atoms with Gasteiger partial charge in [-0.25, -0.2) is 0 Å². The molecule has 0 aliphatic carbocycles. The molecule has 0 saturated carbocycles. The van der Waals surface area contributed by atoms with E-state index < -0.39 is 5.97 Å². The van der Waals surface area contributed by atoms with Crippen LogP contribution in [0.3, 0.4) is 0 Å². The molecule has 0 aliphatic rings. The van der Waals surface area contributed by atoms with Gasteiger partial charge in [0.05, 0.1) is 0 Å². The van der Waals surface area contributed by atoms with Gasteiger partial charge in [-0.2, -0.15) is 0 Å². The molecule has 0 amide bonds. The molecule has 0 aromatic carbocycles. The number of carboxylic acids is 1. The van der Waals surface area contributed by atoms with Gasteiger partial charge in [0.2, 0.25) is 0 Å². The second-order valence-corrected chi connectivity index (χ2v) is 4.81. The first-order valence-electron chi connectivity index (χ1n) is 2.91. The molecule has 0 radical (unpaired) electrons. The predicted octanol–water partition coefficient (Wildman–Crippen LogP) is 1.06. The summed E-state index contributed by atoms with van der Waals surface area (Å²) >= 11 is 0.0793. The van der Waals surface area contributed by atoms with E-state index in [0.29, 0.717) is 4.44 Å². The molecule has 1 aromatic rings. The van der Waals surface area contributed by atoms with Gasteiger partial charge >= 0.3 is 64.7 Å². The Kier molecular flexibility index (Phi) is 1.97. The van der Waals surface area contributed by atoms with Gasteiger partial charge in [-0.1, -0.05) is 0 Å². The summed E-state index contributed by atoms with van der Waals surface area (Å²) in [5.41, 5.74) is 0.921. The number of rotatable bonds is 1. The predicted molar refractivity (Wildman–Crippen MR) is 39.8 cm³/mol. The van der Waals surface area contributed by atoms with E-state index in [9.17, 15) is 4.79 Å². The summed E-state index contributed by atoms with van der Waals surface area (Å²) in [6.45, 7) is 3.82. The average Bonchev–Trinajstić information content (AvgIpc) is 2.10. The number of hydrogen-bond acceptors (Lipinski definition) is 1. The van der Waals surface area contributed by atoms with Gasteiger partial charge in [-0.3, -0.25) is 0 Å². The first kappa shape index (κ1) is 7.58. The van der Waals surface area contributed by atoms with Crippen LogP contribution in [0.2, 0.25) is 0 Å². The zero-order chi connectivity index (χ0) is 7.72. The van der Waals surface area contributed by atoms with Crippen LogP contribution in [0.25, 0.3) is 0 Å². The molecule has 0 atom stereocenters. The van der Waals surface area contributed by atoms with E-state index in [1.807, 2.05) is 19.9 Å². The molecule has 54 valence electrons. The fourth-order valence-electron chi connectivity index (χ4n) is 0.854. The van der Waals surface area contributed by atoms with Crippen molar-refractivity contribution >= 4 is 20.5 Å². The number of hydrogen-bond donors (Lipinski definition) is 1. The molecule has 0 saturated heterocycles. The maximum absolute atomic E-state index is 10.5. The van der Waals surface area contributed by atoms with E-state index in [1.165, 1.54) is 4.44 Å². The van der Waals surface area contributed by atoms with Crippen LogP contribution in [0.4, 0.5) is 0 Å². The Bertz CT molecular complexity index is 263. The Labute approximate surface area is 65.2 Å². The Morgan fingerprint density at radius 3 is 2.40 bits per heavy atom. The van der Waals surface area contributed by atoms with Gasteiger partial charge in [0, 0.05) is 0 Å². The monoisotopic (exact) mass is 204 g/mol. The summed E-state index contributed by atoms with van der Waals surface area (Å²) < 4.78 is 1.80. The van der Waals surface area contributed by atoms with Gasteiger partial charge < -0.3 is 0 Å². The summed E-state index contributed by atoms with van der Waals surface area (Å²) in [7, 11) is 0. The molecule has 0 unspecified atom stereocenters. The third-order valence-electron chi connectivity index (χ3n) is 1.24. The molecule has 0 bridgehead atoms. The van der Waals surface area contributed by atoms with Crippen molar-refractivity contribution in [1.29, 1.82) is 0 Å². The van der Waals surface area contributed by atoms with Gasteiger partial charge in [0.1, 0.15) is 0 Å². The van der Waals surface area contributed by atoms with Gasteiger partial charge in [0.15, 0.2) is 0 Å². The van der Waals surface area contributed by atoms with E-state index >= 15 is 0 Å². The van der Waals surface area contributed by atoms with Gasteiger partial charge in [-0.05, 0) is 0 Å². The molecule has 0 spiro atoms. The Balaban J connectivity index is 3.15. The Hall–Kier alpha value is -0.531. The molecular weight excluding hydrogens is 195 g/mol. The molecule has 0 fully saturated rings. The molecule has 1 heterocycles. The van der Waals surface area contributed by atoms with Crippen LogP contribution in [0.15, 0.2) is 6.07 Å². The van der Waals surface area contributed by atoms with E-state index in [2.05, 4.69) is 0 Å². The van der Waals surface area contributed by atoms with Gasteiger partial charge in [-0.15, -0.1) is 0 Å². The van der Waals surface area contributed by atoms with Crippen LogP contribution >= 0.6 is 0 Å². The van der Waals surface area contributed by atoms with Crippen LogP contribution in [0, 0.1) is 13.8 Å². The average molecular weight is 203 g/mol. The van der Waals surface area contributed by atoms with E-state index in [0.717, 1.165) is 5.56 Å². The van der Waals surface area contributed by atoms with Crippen LogP contribution < -0.4 is 0 Å². The SMILES string of the molecule is Cc1cc(C)c(C(=O)O)[se]1. The van der Waals surface area contributed by atoms with Gasteiger partial charge in [0.25, 0.3) is 0 Å². The van der Waals surface area contributed by atoms with Crippen molar-refractivity contribution in [3.05, 3.63) is 20.5 Å². The Morgan fingerprint density at radius 2 is 2.20 bits per heavy atom. The maximum atomic E-state index is 10.5. The molecule has 3 heteroatoms. The molecule has 0 aliphatic heterocycles. The molecule has 1 N–H and O–H groups in total. The first-order chi connectivity index (χ1) is 4.61. The van der Waals surface area contributed by atoms with Crippen molar-refractivity contribution < 1.29 is 9.90 Å². The molecule has 1 rings (SSSR count). The quantitative estimate of drug-likeness (QED) is 0.693. The van der Waals surface area contributed by atoms with Crippen molar-refractivity contribution in [3.63, 3.8) is 0 Å². The second kappa shape index (κ2) is 2.60. The fraction of sp³-hybridized carbons (Fsp3) is 0.286. The number of carbonyl (C=O) groups is 1. The zero-order valence-corrected chi connectivity index (χ0v) is 7.55.